The zero-order valence-electron chi connectivity index (χ0n) is 18.3. The molecule has 0 saturated carbocycles. The Balaban J connectivity index is 1.63. The Morgan fingerprint density at radius 2 is 1.88 bits per heavy atom. The van der Waals surface area contributed by atoms with E-state index in [1.807, 2.05) is 42.7 Å². The van der Waals surface area contributed by atoms with Crippen LogP contribution in [0.1, 0.15) is 31.7 Å². The lowest BCUT2D eigenvalue weighted by atomic mass is 10.1. The molecule has 1 aliphatic heterocycles. The molecule has 6 nitrogen and oxygen atoms in total. The summed E-state index contributed by atoms with van der Waals surface area (Å²) in [6.45, 7) is 6.24. The smallest absolute Gasteiger partial charge is 0.263 e. The van der Waals surface area contributed by atoms with Gasteiger partial charge in [-0.15, -0.1) is 0 Å². The molecule has 2 aromatic carbocycles. The molecule has 0 atom stereocenters. The molecule has 1 aliphatic rings. The van der Waals surface area contributed by atoms with E-state index in [1.54, 1.807) is 12.3 Å². The van der Waals surface area contributed by atoms with E-state index in [2.05, 4.69) is 15.0 Å². The number of fused-ring (bicyclic) bond motifs is 1. The van der Waals surface area contributed by atoms with E-state index in [9.17, 15) is 4.79 Å². The molecule has 2 aromatic heterocycles. The highest BCUT2D eigenvalue weighted by Crippen LogP contribution is 2.29. The highest BCUT2D eigenvalue weighted by molar-refractivity contribution is 5.86. The fraction of sp³-hybridized carbons (Fsp3) is 0.320. The van der Waals surface area contributed by atoms with Gasteiger partial charge in [-0.2, -0.15) is 4.98 Å². The van der Waals surface area contributed by atoms with Gasteiger partial charge in [-0.3, -0.25) is 4.79 Å². The number of benzene rings is 2. The normalized spacial score (nSPS) is 14.3. The maximum absolute atomic E-state index is 15.1. The summed E-state index contributed by atoms with van der Waals surface area (Å²) in [5.41, 5.74) is 3.09. The third-order valence-corrected chi connectivity index (χ3v) is 6.23. The number of rotatable bonds is 4. The van der Waals surface area contributed by atoms with E-state index in [-0.39, 0.29) is 22.7 Å². The van der Waals surface area contributed by atoms with Crippen LogP contribution in [0, 0.1) is 12.7 Å². The first-order chi connectivity index (χ1) is 15.6. The van der Waals surface area contributed by atoms with Crippen molar-refractivity contribution in [1.29, 1.82) is 0 Å². The molecule has 0 amide bonds. The van der Waals surface area contributed by atoms with Gasteiger partial charge in [0.2, 0.25) is 11.3 Å². The summed E-state index contributed by atoms with van der Waals surface area (Å²) >= 11 is 0. The molecule has 0 unspecified atom stereocenters. The van der Waals surface area contributed by atoms with Crippen molar-refractivity contribution in [3.63, 3.8) is 0 Å². The van der Waals surface area contributed by atoms with E-state index in [0.717, 1.165) is 37.1 Å². The molecule has 0 bridgehead atoms. The largest absolute Gasteiger partial charge is 0.369 e. The van der Waals surface area contributed by atoms with Gasteiger partial charge in [0.1, 0.15) is 11.4 Å². The number of hydrogen-bond donors (Lipinski definition) is 0. The van der Waals surface area contributed by atoms with Crippen molar-refractivity contribution in [2.75, 3.05) is 18.0 Å². The summed E-state index contributed by atoms with van der Waals surface area (Å²) in [6, 6.07) is 10.9. The Morgan fingerprint density at radius 3 is 2.62 bits per heavy atom. The molecule has 0 N–H and O–H groups in total. The number of anilines is 1. The van der Waals surface area contributed by atoms with Crippen molar-refractivity contribution in [1.82, 2.24) is 14.7 Å². The van der Waals surface area contributed by atoms with Gasteiger partial charge < -0.3 is 14.0 Å². The molecule has 0 spiro atoms. The molecule has 4 aromatic rings. The van der Waals surface area contributed by atoms with Gasteiger partial charge in [0.15, 0.2) is 0 Å². The van der Waals surface area contributed by atoms with Crippen molar-refractivity contribution in [2.24, 2.45) is 0 Å². The van der Waals surface area contributed by atoms with Crippen molar-refractivity contribution >= 4 is 16.6 Å². The fourth-order valence-corrected chi connectivity index (χ4v) is 4.46. The molecular weight excluding hydrogens is 407 g/mol. The molecule has 1 saturated heterocycles. The quantitative estimate of drug-likeness (QED) is 0.445. The average Bonchev–Trinajstić information content (AvgIpc) is 3.30. The highest BCUT2D eigenvalue weighted by atomic mass is 19.1. The lowest BCUT2D eigenvalue weighted by Gasteiger charge is -2.29. The molecule has 0 radical (unpaired) electrons. The Labute approximate surface area is 185 Å². The Hall–Kier alpha value is -3.48. The third kappa shape index (κ3) is 3.47. The Bertz CT molecular complexity index is 1350. The molecule has 32 heavy (non-hydrogen) atoms. The summed E-state index contributed by atoms with van der Waals surface area (Å²) in [4.78, 5) is 19.9. The van der Waals surface area contributed by atoms with Crippen LogP contribution in [0.5, 0.6) is 0 Å². The minimum atomic E-state index is -0.373. The maximum Gasteiger partial charge on any atom is 0.263 e. The molecule has 0 aliphatic carbocycles. The highest BCUT2D eigenvalue weighted by Gasteiger charge is 2.21. The average molecular weight is 432 g/mol. The Kier molecular flexibility index (Phi) is 5.25. The zero-order chi connectivity index (χ0) is 22.2. The first kappa shape index (κ1) is 20.4. The van der Waals surface area contributed by atoms with E-state index >= 15 is 4.39 Å². The predicted molar refractivity (Wildman–Crippen MR) is 123 cm³/mol. The number of hydrogen-bond acceptors (Lipinski definition) is 5. The summed E-state index contributed by atoms with van der Waals surface area (Å²) in [7, 11) is 0. The number of halogens is 1. The first-order valence-corrected chi connectivity index (χ1v) is 11.1. The predicted octanol–water partition coefficient (Wildman–Crippen LogP) is 5.18. The van der Waals surface area contributed by atoms with E-state index in [0.29, 0.717) is 29.0 Å². The van der Waals surface area contributed by atoms with Crippen LogP contribution in [-0.4, -0.2) is 27.8 Å². The Morgan fingerprint density at radius 1 is 1.09 bits per heavy atom. The van der Waals surface area contributed by atoms with Crippen LogP contribution >= 0.6 is 0 Å². The SMILES string of the molecule is CCn1cc(-c2nc(-c3ccccc3C)no2)c(=O)c2cc(F)c(N3CCCCC3)cc21. The minimum absolute atomic E-state index is 0.137. The van der Waals surface area contributed by atoms with Crippen molar-refractivity contribution in [2.45, 2.75) is 39.7 Å². The lowest BCUT2D eigenvalue weighted by molar-refractivity contribution is 0.431. The number of aromatic nitrogens is 3. The zero-order valence-corrected chi connectivity index (χ0v) is 18.3. The van der Waals surface area contributed by atoms with E-state index in [4.69, 9.17) is 4.52 Å². The number of pyridine rings is 1. The summed E-state index contributed by atoms with van der Waals surface area (Å²) in [5, 5.41) is 4.40. The molecular formula is C25H25FN4O2. The number of nitrogens with zero attached hydrogens (tertiary/aromatic N) is 4. The fourth-order valence-electron chi connectivity index (χ4n) is 4.46. The topological polar surface area (TPSA) is 64.2 Å². The second-order valence-corrected chi connectivity index (χ2v) is 8.26. The van der Waals surface area contributed by atoms with Crippen LogP contribution in [0.4, 0.5) is 10.1 Å². The summed E-state index contributed by atoms with van der Waals surface area (Å²) in [6.07, 6.45) is 5.01. The molecule has 5 rings (SSSR count). The van der Waals surface area contributed by atoms with E-state index in [1.165, 1.54) is 12.5 Å². The summed E-state index contributed by atoms with van der Waals surface area (Å²) in [5.74, 6) is 0.188. The second-order valence-electron chi connectivity index (χ2n) is 8.26. The van der Waals surface area contributed by atoms with Crippen LogP contribution in [-0.2, 0) is 6.54 Å². The summed E-state index contributed by atoms with van der Waals surface area (Å²) < 4.78 is 22.5. The molecule has 7 heteroatoms. The van der Waals surface area contributed by atoms with Crippen molar-refractivity contribution in [3.8, 4) is 22.8 Å². The van der Waals surface area contributed by atoms with Gasteiger partial charge in [0.05, 0.1) is 11.2 Å². The van der Waals surface area contributed by atoms with Crippen LogP contribution in [0.15, 0.2) is 51.9 Å². The van der Waals surface area contributed by atoms with E-state index < -0.39 is 0 Å². The minimum Gasteiger partial charge on any atom is -0.369 e. The van der Waals surface area contributed by atoms with Crippen molar-refractivity contribution in [3.05, 3.63) is 64.2 Å². The van der Waals surface area contributed by atoms with Gasteiger partial charge in [-0.1, -0.05) is 29.4 Å². The third-order valence-electron chi connectivity index (χ3n) is 6.23. The lowest BCUT2D eigenvalue weighted by Crippen LogP contribution is -2.30. The van der Waals surface area contributed by atoms with Crippen LogP contribution in [0.3, 0.4) is 0 Å². The monoisotopic (exact) mass is 432 g/mol. The number of aryl methyl sites for hydroxylation is 2. The van der Waals surface area contributed by atoms with Crippen molar-refractivity contribution < 1.29 is 8.91 Å². The molecule has 164 valence electrons. The molecule has 1 fully saturated rings. The van der Waals surface area contributed by atoms with Gasteiger partial charge in [-0.05, 0) is 50.8 Å². The second kappa shape index (κ2) is 8.22. The number of piperidine rings is 1. The maximum atomic E-state index is 15.1. The van der Waals surface area contributed by atoms with Gasteiger partial charge in [0.25, 0.3) is 5.89 Å². The van der Waals surface area contributed by atoms with Crippen LogP contribution in [0.2, 0.25) is 0 Å². The van der Waals surface area contributed by atoms with Crippen LogP contribution < -0.4 is 10.3 Å². The van der Waals surface area contributed by atoms with Crippen LogP contribution in [0.25, 0.3) is 33.7 Å². The first-order valence-electron chi connectivity index (χ1n) is 11.1. The van der Waals surface area contributed by atoms with Gasteiger partial charge in [0, 0.05) is 36.8 Å². The van der Waals surface area contributed by atoms with Gasteiger partial charge >= 0.3 is 0 Å². The molecule has 3 heterocycles. The standard InChI is InChI=1S/C25H25FN4O2/c1-3-29-15-19(25-27-24(28-32-25)17-10-6-5-9-16(17)2)23(31)18-13-20(26)22(14-21(18)29)30-11-7-4-8-12-30/h5-6,9-10,13-15H,3-4,7-8,11-12H2,1-2H3. The van der Waals surface area contributed by atoms with Gasteiger partial charge in [-0.25, -0.2) is 4.39 Å².